The third kappa shape index (κ3) is 4.50. The minimum Gasteiger partial charge on any atom is -0.491 e. The van der Waals surface area contributed by atoms with Crippen LogP contribution in [0.15, 0.2) is 23.1 Å². The van der Waals surface area contributed by atoms with Crippen LogP contribution in [-0.2, 0) is 14.8 Å². The van der Waals surface area contributed by atoms with Gasteiger partial charge in [-0.3, -0.25) is 4.79 Å². The molecule has 1 amide bonds. The summed E-state index contributed by atoms with van der Waals surface area (Å²) in [6.07, 6.45) is -1.06. The summed E-state index contributed by atoms with van der Waals surface area (Å²) in [4.78, 5) is 13.5. The van der Waals surface area contributed by atoms with Crippen LogP contribution in [0.1, 0.15) is 26.3 Å². The number of ether oxygens (including phenoxy) is 1. The molecule has 1 aromatic carbocycles. The minimum absolute atomic E-state index is 0.0145. The number of rotatable bonds is 5. The number of piperazine rings is 1. The van der Waals surface area contributed by atoms with Gasteiger partial charge in [-0.15, -0.1) is 0 Å². The fourth-order valence-corrected chi connectivity index (χ4v) is 4.24. The number of hydrogen-bond acceptors (Lipinski definition) is 5. The molecular formula is C17H26N2O5S. The van der Waals surface area contributed by atoms with E-state index in [1.807, 2.05) is 20.8 Å². The Bertz CT molecular complexity index is 723. The summed E-state index contributed by atoms with van der Waals surface area (Å²) in [5.41, 5.74) is 0.762. The Morgan fingerprint density at radius 2 is 1.76 bits per heavy atom. The van der Waals surface area contributed by atoms with Crippen LogP contribution >= 0.6 is 0 Å². The Balaban J connectivity index is 2.12. The Morgan fingerprint density at radius 3 is 2.24 bits per heavy atom. The molecule has 0 bridgehead atoms. The van der Waals surface area contributed by atoms with Gasteiger partial charge >= 0.3 is 0 Å². The first-order chi connectivity index (χ1) is 11.6. The second kappa shape index (κ2) is 7.72. The summed E-state index contributed by atoms with van der Waals surface area (Å²) in [5, 5.41) is 9.36. The first-order valence-electron chi connectivity index (χ1n) is 8.37. The maximum absolute atomic E-state index is 12.8. The standard InChI is InChI=1S/C17H26N2O5S/c1-12(2)24-16-6-5-15(11-13(16)3)25(22,23)19-9-7-18(8-10-19)17(21)14(4)20/h5-6,11-12,14,20H,7-10H2,1-4H3. The van der Waals surface area contributed by atoms with Gasteiger partial charge < -0.3 is 14.7 Å². The first kappa shape index (κ1) is 19.7. The van der Waals surface area contributed by atoms with E-state index in [0.29, 0.717) is 5.75 Å². The zero-order valence-electron chi connectivity index (χ0n) is 15.1. The number of hydrogen-bond donors (Lipinski definition) is 1. The minimum atomic E-state index is -3.62. The lowest BCUT2D eigenvalue weighted by Crippen LogP contribution is -2.52. The van der Waals surface area contributed by atoms with Gasteiger partial charge in [0.2, 0.25) is 10.0 Å². The molecule has 1 unspecified atom stereocenters. The highest BCUT2D eigenvalue weighted by Crippen LogP contribution is 2.25. The van der Waals surface area contributed by atoms with Gasteiger partial charge in [-0.1, -0.05) is 0 Å². The summed E-state index contributed by atoms with van der Waals surface area (Å²) < 4.78 is 32.6. The number of aliphatic hydroxyl groups excluding tert-OH is 1. The van der Waals surface area contributed by atoms with E-state index in [4.69, 9.17) is 4.74 Å². The monoisotopic (exact) mass is 370 g/mol. The number of aryl methyl sites for hydroxylation is 1. The van der Waals surface area contributed by atoms with Crippen molar-refractivity contribution in [1.82, 2.24) is 9.21 Å². The van der Waals surface area contributed by atoms with Crippen LogP contribution in [-0.4, -0.2) is 67.0 Å². The molecule has 0 aliphatic carbocycles. The molecule has 1 aliphatic heterocycles. The number of benzene rings is 1. The number of sulfonamides is 1. The van der Waals surface area contributed by atoms with Gasteiger partial charge in [-0.2, -0.15) is 4.31 Å². The maximum Gasteiger partial charge on any atom is 0.251 e. The SMILES string of the molecule is Cc1cc(S(=O)(=O)N2CCN(C(=O)C(C)O)CC2)ccc1OC(C)C. The van der Waals surface area contributed by atoms with Crippen LogP contribution in [0.2, 0.25) is 0 Å². The van der Waals surface area contributed by atoms with Gasteiger partial charge in [0.1, 0.15) is 11.9 Å². The van der Waals surface area contributed by atoms with Crippen molar-refractivity contribution in [2.24, 2.45) is 0 Å². The van der Waals surface area contributed by atoms with E-state index in [1.54, 1.807) is 18.2 Å². The summed E-state index contributed by atoms with van der Waals surface area (Å²) in [5.74, 6) is 0.296. The molecule has 1 saturated heterocycles. The van der Waals surface area contributed by atoms with Crippen molar-refractivity contribution in [3.63, 3.8) is 0 Å². The molecular weight excluding hydrogens is 344 g/mol. The fraction of sp³-hybridized carbons (Fsp3) is 0.588. The highest BCUT2D eigenvalue weighted by Gasteiger charge is 2.31. The summed E-state index contributed by atoms with van der Waals surface area (Å²) in [7, 11) is -3.62. The molecule has 0 spiro atoms. The molecule has 1 heterocycles. The predicted octanol–water partition coefficient (Wildman–Crippen LogP) is 0.996. The van der Waals surface area contributed by atoms with E-state index in [-0.39, 0.29) is 43.1 Å². The number of carbonyl (C=O) groups excluding carboxylic acids is 1. The molecule has 8 heteroatoms. The average molecular weight is 370 g/mol. The Morgan fingerprint density at radius 1 is 1.16 bits per heavy atom. The average Bonchev–Trinajstić information content (AvgIpc) is 2.55. The lowest BCUT2D eigenvalue weighted by molar-refractivity contribution is -0.140. The van der Waals surface area contributed by atoms with Crippen molar-refractivity contribution in [1.29, 1.82) is 0 Å². The zero-order chi connectivity index (χ0) is 18.8. The smallest absolute Gasteiger partial charge is 0.251 e. The van der Waals surface area contributed by atoms with E-state index in [1.165, 1.54) is 16.1 Å². The molecule has 0 radical (unpaired) electrons. The first-order valence-corrected chi connectivity index (χ1v) is 9.81. The van der Waals surface area contributed by atoms with Crippen LogP contribution in [0.5, 0.6) is 5.75 Å². The van der Waals surface area contributed by atoms with Gasteiger partial charge in [-0.05, 0) is 51.5 Å². The largest absolute Gasteiger partial charge is 0.491 e. The van der Waals surface area contributed by atoms with Crippen molar-refractivity contribution in [3.05, 3.63) is 23.8 Å². The fourth-order valence-electron chi connectivity index (χ4n) is 2.73. The number of amides is 1. The summed E-state index contributed by atoms with van der Waals surface area (Å²) in [6, 6.07) is 4.84. The topological polar surface area (TPSA) is 87.2 Å². The van der Waals surface area contributed by atoms with Crippen LogP contribution in [0.25, 0.3) is 0 Å². The zero-order valence-corrected chi connectivity index (χ0v) is 15.9. The molecule has 0 aromatic heterocycles. The highest BCUT2D eigenvalue weighted by atomic mass is 32.2. The van der Waals surface area contributed by atoms with E-state index in [9.17, 15) is 18.3 Å². The second-order valence-corrected chi connectivity index (χ2v) is 8.44. The Kier molecular flexibility index (Phi) is 6.08. The van der Waals surface area contributed by atoms with Crippen molar-refractivity contribution in [2.45, 2.75) is 44.8 Å². The van der Waals surface area contributed by atoms with Gasteiger partial charge in [0.15, 0.2) is 0 Å². The summed E-state index contributed by atoms with van der Waals surface area (Å²) in [6.45, 7) is 8.03. The molecule has 140 valence electrons. The van der Waals surface area contributed by atoms with Crippen LogP contribution in [0.4, 0.5) is 0 Å². The molecule has 7 nitrogen and oxygen atoms in total. The van der Waals surface area contributed by atoms with Crippen LogP contribution in [0, 0.1) is 6.92 Å². The van der Waals surface area contributed by atoms with Crippen molar-refractivity contribution >= 4 is 15.9 Å². The van der Waals surface area contributed by atoms with Crippen molar-refractivity contribution in [3.8, 4) is 5.75 Å². The molecule has 1 aliphatic rings. The van der Waals surface area contributed by atoms with E-state index in [0.717, 1.165) is 5.56 Å². The van der Waals surface area contributed by atoms with E-state index >= 15 is 0 Å². The summed E-state index contributed by atoms with van der Waals surface area (Å²) >= 11 is 0. The molecule has 0 saturated carbocycles. The molecule has 1 atom stereocenters. The van der Waals surface area contributed by atoms with E-state index in [2.05, 4.69) is 0 Å². The Hall–Kier alpha value is -1.64. The third-order valence-electron chi connectivity index (χ3n) is 4.05. The van der Waals surface area contributed by atoms with Crippen molar-refractivity contribution < 1.29 is 23.1 Å². The normalized spacial score (nSPS) is 17.6. The number of nitrogens with zero attached hydrogens (tertiary/aromatic N) is 2. The maximum atomic E-state index is 12.8. The van der Waals surface area contributed by atoms with Crippen LogP contribution < -0.4 is 4.74 Å². The lowest BCUT2D eigenvalue weighted by atomic mass is 10.2. The van der Waals surface area contributed by atoms with Gasteiger partial charge in [-0.25, -0.2) is 8.42 Å². The third-order valence-corrected chi connectivity index (χ3v) is 5.95. The molecule has 1 aromatic rings. The quantitative estimate of drug-likeness (QED) is 0.835. The molecule has 2 rings (SSSR count). The number of carbonyl (C=O) groups is 1. The number of aliphatic hydroxyl groups is 1. The molecule has 25 heavy (non-hydrogen) atoms. The highest BCUT2D eigenvalue weighted by molar-refractivity contribution is 7.89. The lowest BCUT2D eigenvalue weighted by Gasteiger charge is -2.34. The van der Waals surface area contributed by atoms with E-state index < -0.39 is 16.1 Å². The van der Waals surface area contributed by atoms with Crippen molar-refractivity contribution in [2.75, 3.05) is 26.2 Å². The predicted molar refractivity (Wildman–Crippen MR) is 94.0 cm³/mol. The van der Waals surface area contributed by atoms with Gasteiger partial charge in [0.25, 0.3) is 5.91 Å². The Labute approximate surface area is 149 Å². The van der Waals surface area contributed by atoms with Gasteiger partial charge in [0.05, 0.1) is 11.0 Å². The second-order valence-electron chi connectivity index (χ2n) is 6.50. The van der Waals surface area contributed by atoms with Gasteiger partial charge in [0, 0.05) is 26.2 Å². The molecule has 1 N–H and O–H groups in total. The molecule has 1 fully saturated rings. The van der Waals surface area contributed by atoms with Crippen LogP contribution in [0.3, 0.4) is 0 Å².